The van der Waals surface area contributed by atoms with E-state index in [1.807, 2.05) is 13.8 Å². The number of carbonyl (C=O) groups is 1. The molecule has 1 aromatic rings. The van der Waals surface area contributed by atoms with Crippen molar-refractivity contribution in [1.29, 1.82) is 0 Å². The van der Waals surface area contributed by atoms with Gasteiger partial charge in [0.2, 0.25) is 15.9 Å². The van der Waals surface area contributed by atoms with Gasteiger partial charge in [0.25, 0.3) is 0 Å². The van der Waals surface area contributed by atoms with Gasteiger partial charge in [-0.3, -0.25) is 4.79 Å². The Labute approximate surface area is 135 Å². The summed E-state index contributed by atoms with van der Waals surface area (Å²) in [6, 6.07) is 5.76. The molecule has 3 rings (SSSR count). The monoisotopic (exact) mass is 340 g/mol. The maximum Gasteiger partial charge on any atom is 0.243 e. The molecule has 8 heteroatoms. The van der Waals surface area contributed by atoms with Crippen LogP contribution >= 0.6 is 0 Å². The van der Waals surface area contributed by atoms with Crippen LogP contribution in [0.5, 0.6) is 0 Å². The second-order valence-electron chi connectivity index (χ2n) is 6.20. The first-order valence-corrected chi connectivity index (χ1v) is 8.84. The van der Waals surface area contributed by atoms with E-state index in [2.05, 4.69) is 5.32 Å². The maximum absolute atomic E-state index is 12.7. The van der Waals surface area contributed by atoms with E-state index in [0.717, 1.165) is 0 Å². The van der Waals surface area contributed by atoms with Crippen molar-refractivity contribution in [3.63, 3.8) is 0 Å². The molecule has 2 heterocycles. The maximum atomic E-state index is 12.7. The number of sulfonamides is 1. The van der Waals surface area contributed by atoms with Gasteiger partial charge >= 0.3 is 0 Å². The van der Waals surface area contributed by atoms with Crippen LogP contribution in [0, 0.1) is 0 Å². The van der Waals surface area contributed by atoms with Crippen LogP contribution in [0.2, 0.25) is 0 Å². The predicted molar refractivity (Wildman–Crippen MR) is 83.3 cm³/mol. The first kappa shape index (κ1) is 16.4. The molecule has 1 aromatic carbocycles. The van der Waals surface area contributed by atoms with Crippen LogP contribution in [0.3, 0.4) is 0 Å². The Morgan fingerprint density at radius 2 is 1.70 bits per heavy atom. The van der Waals surface area contributed by atoms with Crippen molar-refractivity contribution in [1.82, 2.24) is 4.31 Å². The highest BCUT2D eigenvalue weighted by molar-refractivity contribution is 7.89. The molecule has 0 radical (unpaired) electrons. The SMILES string of the molecule is CC(=O)Nc1ccc(S(=O)(=O)N2C3COC(C)(C)OCC32)cc1. The van der Waals surface area contributed by atoms with E-state index >= 15 is 0 Å². The molecule has 2 unspecified atom stereocenters. The van der Waals surface area contributed by atoms with Crippen LogP contribution < -0.4 is 5.32 Å². The largest absolute Gasteiger partial charge is 0.349 e. The Morgan fingerprint density at radius 3 is 2.17 bits per heavy atom. The summed E-state index contributed by atoms with van der Waals surface area (Å²) < 4.78 is 38.0. The number of anilines is 1. The van der Waals surface area contributed by atoms with Crippen molar-refractivity contribution < 1.29 is 22.7 Å². The molecule has 126 valence electrons. The molecule has 2 aliphatic heterocycles. The Balaban J connectivity index is 1.75. The molecule has 0 bridgehead atoms. The Bertz CT molecular complexity index is 698. The van der Waals surface area contributed by atoms with Gasteiger partial charge in [-0.1, -0.05) is 0 Å². The van der Waals surface area contributed by atoms with Crippen molar-refractivity contribution in [3.8, 4) is 0 Å². The fraction of sp³-hybridized carbons (Fsp3) is 0.533. The molecule has 2 atom stereocenters. The molecule has 23 heavy (non-hydrogen) atoms. The van der Waals surface area contributed by atoms with Crippen LogP contribution in [0.25, 0.3) is 0 Å². The number of fused-ring (bicyclic) bond motifs is 1. The van der Waals surface area contributed by atoms with Crippen molar-refractivity contribution >= 4 is 21.6 Å². The highest BCUT2D eigenvalue weighted by atomic mass is 32.2. The smallest absolute Gasteiger partial charge is 0.243 e. The number of hydrogen-bond donors (Lipinski definition) is 1. The highest BCUT2D eigenvalue weighted by Gasteiger charge is 2.57. The summed E-state index contributed by atoms with van der Waals surface area (Å²) in [5.74, 6) is -0.881. The second-order valence-corrected chi connectivity index (χ2v) is 8.04. The van der Waals surface area contributed by atoms with Crippen LogP contribution in [-0.2, 0) is 24.3 Å². The molecule has 0 aromatic heterocycles. The fourth-order valence-electron chi connectivity index (χ4n) is 2.68. The summed E-state index contributed by atoms with van der Waals surface area (Å²) in [6.45, 7) is 5.67. The van der Waals surface area contributed by atoms with Crippen LogP contribution in [0.15, 0.2) is 29.2 Å². The molecule has 7 nitrogen and oxygen atoms in total. The van der Waals surface area contributed by atoms with Gasteiger partial charge in [0.15, 0.2) is 5.79 Å². The molecule has 0 spiro atoms. The Kier molecular flexibility index (Phi) is 3.96. The standard InChI is InChI=1S/C15H20N2O5S/c1-10(18)16-11-4-6-12(7-5-11)23(19,20)17-13-8-21-15(2,3)22-9-14(13)17/h4-7,13-14H,8-9H2,1-3H3,(H,16,18). The summed E-state index contributed by atoms with van der Waals surface area (Å²) in [5, 5.41) is 2.61. The minimum absolute atomic E-state index is 0.184. The number of amides is 1. The summed E-state index contributed by atoms with van der Waals surface area (Å²) >= 11 is 0. The number of nitrogens with one attached hydrogen (secondary N) is 1. The van der Waals surface area contributed by atoms with Gasteiger partial charge in [-0.05, 0) is 38.1 Å². The summed E-state index contributed by atoms with van der Waals surface area (Å²) in [4.78, 5) is 11.2. The molecule has 2 saturated heterocycles. The van der Waals surface area contributed by atoms with Crippen LogP contribution in [-0.4, -0.2) is 49.7 Å². The Morgan fingerprint density at radius 1 is 1.17 bits per heavy atom. The zero-order valence-electron chi connectivity index (χ0n) is 13.3. The quantitative estimate of drug-likeness (QED) is 0.835. The first-order chi connectivity index (χ1) is 10.7. The number of carbonyl (C=O) groups excluding carboxylic acids is 1. The van der Waals surface area contributed by atoms with Gasteiger partial charge in [-0.15, -0.1) is 0 Å². The van der Waals surface area contributed by atoms with Crippen molar-refractivity contribution in [2.24, 2.45) is 0 Å². The fourth-order valence-corrected chi connectivity index (χ4v) is 4.47. The number of ether oxygens (including phenoxy) is 2. The third-order valence-corrected chi connectivity index (χ3v) is 5.93. The van der Waals surface area contributed by atoms with Gasteiger partial charge in [0.1, 0.15) is 0 Å². The van der Waals surface area contributed by atoms with Gasteiger partial charge < -0.3 is 14.8 Å². The van der Waals surface area contributed by atoms with Crippen LogP contribution in [0.4, 0.5) is 5.69 Å². The van der Waals surface area contributed by atoms with E-state index in [1.165, 1.54) is 23.4 Å². The van der Waals surface area contributed by atoms with Crippen LogP contribution in [0.1, 0.15) is 20.8 Å². The minimum atomic E-state index is -3.59. The molecule has 2 fully saturated rings. The number of benzene rings is 1. The van der Waals surface area contributed by atoms with Crippen molar-refractivity contribution in [2.75, 3.05) is 18.5 Å². The predicted octanol–water partition coefficient (Wildman–Crippen LogP) is 1.17. The number of hydrogen-bond acceptors (Lipinski definition) is 5. The number of rotatable bonds is 3. The molecule has 0 saturated carbocycles. The Hall–Kier alpha value is -1.48. The van der Waals surface area contributed by atoms with E-state index in [-0.39, 0.29) is 22.9 Å². The zero-order chi connectivity index (χ0) is 16.8. The molecule has 1 N–H and O–H groups in total. The zero-order valence-corrected chi connectivity index (χ0v) is 14.1. The first-order valence-electron chi connectivity index (χ1n) is 7.40. The topological polar surface area (TPSA) is 84.7 Å². The second kappa shape index (κ2) is 5.55. The average Bonchev–Trinajstić information content (AvgIpc) is 3.18. The molecular weight excluding hydrogens is 320 g/mol. The van der Waals surface area contributed by atoms with Gasteiger partial charge in [0.05, 0.1) is 30.2 Å². The van der Waals surface area contributed by atoms with E-state index in [9.17, 15) is 13.2 Å². The summed E-state index contributed by atoms with van der Waals surface area (Å²) in [6.07, 6.45) is 0. The highest BCUT2D eigenvalue weighted by Crippen LogP contribution is 2.39. The molecule has 2 aliphatic rings. The van der Waals surface area contributed by atoms with Gasteiger partial charge in [-0.2, -0.15) is 4.31 Å². The summed E-state index contributed by atoms with van der Waals surface area (Å²) in [7, 11) is -3.59. The van der Waals surface area contributed by atoms with E-state index in [1.54, 1.807) is 12.1 Å². The van der Waals surface area contributed by atoms with Gasteiger partial charge in [-0.25, -0.2) is 8.42 Å². The lowest BCUT2D eigenvalue weighted by atomic mass is 10.3. The van der Waals surface area contributed by atoms with Crippen molar-refractivity contribution in [2.45, 2.75) is 43.5 Å². The molecule has 1 amide bonds. The van der Waals surface area contributed by atoms with Gasteiger partial charge in [0, 0.05) is 12.6 Å². The van der Waals surface area contributed by atoms with E-state index in [0.29, 0.717) is 18.9 Å². The van der Waals surface area contributed by atoms with Crippen molar-refractivity contribution in [3.05, 3.63) is 24.3 Å². The molecule has 0 aliphatic carbocycles. The minimum Gasteiger partial charge on any atom is -0.349 e. The summed E-state index contributed by atoms with van der Waals surface area (Å²) in [5.41, 5.74) is 0.560. The van der Waals surface area contributed by atoms with E-state index < -0.39 is 15.8 Å². The lowest BCUT2D eigenvalue weighted by Gasteiger charge is -2.24. The average molecular weight is 340 g/mol. The lowest BCUT2D eigenvalue weighted by molar-refractivity contribution is -0.206. The third kappa shape index (κ3) is 3.25. The normalized spacial score (nSPS) is 29.3. The molecular formula is C15H20N2O5S. The number of nitrogens with zero attached hydrogens (tertiary/aromatic N) is 1. The lowest BCUT2D eigenvalue weighted by Crippen LogP contribution is -2.31. The van der Waals surface area contributed by atoms with E-state index in [4.69, 9.17) is 9.47 Å². The third-order valence-electron chi connectivity index (χ3n) is 3.96.